The van der Waals surface area contributed by atoms with E-state index in [1.54, 1.807) is 11.4 Å². The van der Waals surface area contributed by atoms with Crippen molar-refractivity contribution in [3.05, 3.63) is 41.3 Å². The van der Waals surface area contributed by atoms with E-state index in [0.29, 0.717) is 21.8 Å². The summed E-state index contributed by atoms with van der Waals surface area (Å²) in [5.74, 6) is 0.649. The molecule has 0 unspecified atom stereocenters. The molecule has 6 nitrogen and oxygen atoms in total. The van der Waals surface area contributed by atoms with Crippen LogP contribution in [0.1, 0.15) is 25.3 Å². The first kappa shape index (κ1) is 17.8. The van der Waals surface area contributed by atoms with Crippen LogP contribution in [0.4, 0.5) is 10.8 Å². The Morgan fingerprint density at radius 3 is 2.93 bits per heavy atom. The Labute approximate surface area is 165 Å². The summed E-state index contributed by atoms with van der Waals surface area (Å²) in [7, 11) is 0. The zero-order valence-corrected chi connectivity index (χ0v) is 16.2. The van der Waals surface area contributed by atoms with E-state index in [9.17, 15) is 4.79 Å². The maximum Gasteiger partial charge on any atom is 0.238 e. The number of nitrogens with one attached hydrogen (secondary N) is 2. The number of fused-ring (bicyclic) bond motifs is 1. The molecule has 2 heterocycles. The first-order valence-corrected chi connectivity index (χ1v) is 10.4. The summed E-state index contributed by atoms with van der Waals surface area (Å²) in [6.07, 6.45) is 2.31. The van der Waals surface area contributed by atoms with Crippen molar-refractivity contribution in [3.8, 4) is 6.07 Å². The summed E-state index contributed by atoms with van der Waals surface area (Å²) in [4.78, 5) is 21.8. The Morgan fingerprint density at radius 1 is 1.33 bits per heavy atom. The third-order valence-corrected chi connectivity index (χ3v) is 5.97. The van der Waals surface area contributed by atoms with E-state index in [-0.39, 0.29) is 5.91 Å². The predicted octanol–water partition coefficient (Wildman–Crippen LogP) is 4.26. The smallest absolute Gasteiger partial charge is 0.238 e. The highest BCUT2D eigenvalue weighted by atomic mass is 32.2. The van der Waals surface area contributed by atoms with Crippen molar-refractivity contribution in [1.82, 2.24) is 9.97 Å². The Kier molecular flexibility index (Phi) is 4.97. The Morgan fingerprint density at radius 2 is 2.15 bits per heavy atom. The van der Waals surface area contributed by atoms with Crippen molar-refractivity contribution in [3.63, 3.8) is 0 Å². The highest BCUT2D eigenvalue weighted by Gasteiger charge is 2.24. The first-order chi connectivity index (χ1) is 13.1. The minimum atomic E-state index is -0.395. The minimum absolute atomic E-state index is 0.174. The van der Waals surface area contributed by atoms with E-state index in [0.717, 1.165) is 29.6 Å². The van der Waals surface area contributed by atoms with Crippen molar-refractivity contribution < 1.29 is 4.79 Å². The number of nitriles is 1. The number of hydrogen-bond donors (Lipinski definition) is 2. The Balaban J connectivity index is 1.53. The van der Waals surface area contributed by atoms with Gasteiger partial charge in [-0.1, -0.05) is 23.9 Å². The number of rotatable bonds is 6. The van der Waals surface area contributed by atoms with Gasteiger partial charge in [0.15, 0.2) is 5.16 Å². The van der Waals surface area contributed by atoms with Gasteiger partial charge in [-0.3, -0.25) is 4.79 Å². The molecule has 0 aliphatic heterocycles. The van der Waals surface area contributed by atoms with Crippen molar-refractivity contribution in [2.45, 2.75) is 36.2 Å². The van der Waals surface area contributed by atoms with E-state index in [4.69, 9.17) is 5.26 Å². The fourth-order valence-corrected chi connectivity index (χ4v) is 4.08. The van der Waals surface area contributed by atoms with Gasteiger partial charge in [0, 0.05) is 11.4 Å². The zero-order valence-electron chi connectivity index (χ0n) is 14.6. The van der Waals surface area contributed by atoms with Crippen LogP contribution in [0.15, 0.2) is 40.9 Å². The molecular weight excluding hydrogens is 378 g/mol. The van der Waals surface area contributed by atoms with Crippen LogP contribution < -0.4 is 10.6 Å². The van der Waals surface area contributed by atoms with Crippen LogP contribution in [0.2, 0.25) is 0 Å². The number of aromatic nitrogens is 2. The molecule has 0 bridgehead atoms. The number of carbonyl (C=O) groups is 1. The van der Waals surface area contributed by atoms with Crippen molar-refractivity contribution in [1.29, 1.82) is 5.26 Å². The molecular formula is C19H17N5OS2. The molecule has 1 fully saturated rings. The summed E-state index contributed by atoms with van der Waals surface area (Å²) in [6.45, 7) is 1.81. The number of nitrogens with zero attached hydrogens (tertiary/aromatic N) is 3. The van der Waals surface area contributed by atoms with E-state index in [1.165, 1.54) is 23.1 Å². The second-order valence-electron chi connectivity index (χ2n) is 6.32. The number of thioether (sulfide) groups is 1. The number of thiophene rings is 1. The molecule has 1 saturated carbocycles. The van der Waals surface area contributed by atoms with Gasteiger partial charge in [0.2, 0.25) is 5.91 Å². The lowest BCUT2D eigenvalue weighted by Gasteiger charge is -2.13. The largest absolute Gasteiger partial charge is 0.367 e. The van der Waals surface area contributed by atoms with E-state index < -0.39 is 5.25 Å². The normalized spacial score (nSPS) is 14.5. The topological polar surface area (TPSA) is 90.7 Å². The molecule has 4 rings (SSSR count). The van der Waals surface area contributed by atoms with Gasteiger partial charge in [0.05, 0.1) is 16.3 Å². The highest BCUT2D eigenvalue weighted by Crippen LogP contribution is 2.31. The van der Waals surface area contributed by atoms with Gasteiger partial charge in [-0.2, -0.15) is 5.26 Å². The minimum Gasteiger partial charge on any atom is -0.367 e. The fourth-order valence-electron chi connectivity index (χ4n) is 2.56. The molecule has 1 atom stereocenters. The zero-order chi connectivity index (χ0) is 18.8. The molecule has 27 heavy (non-hydrogen) atoms. The number of hydrogen-bond acceptors (Lipinski definition) is 7. The second kappa shape index (κ2) is 7.55. The summed E-state index contributed by atoms with van der Waals surface area (Å²) >= 11 is 2.65. The van der Waals surface area contributed by atoms with Gasteiger partial charge in [0.1, 0.15) is 16.9 Å². The molecule has 0 spiro atoms. The molecule has 0 radical (unpaired) electrons. The second-order valence-corrected chi connectivity index (χ2v) is 8.54. The molecule has 1 aromatic carbocycles. The quantitative estimate of drug-likeness (QED) is 0.479. The molecule has 8 heteroatoms. The summed E-state index contributed by atoms with van der Waals surface area (Å²) in [5, 5.41) is 18.9. The number of carbonyl (C=O) groups excluding carboxylic acids is 1. The van der Waals surface area contributed by atoms with Gasteiger partial charge in [-0.05, 0) is 43.3 Å². The molecule has 2 N–H and O–H groups in total. The van der Waals surface area contributed by atoms with Crippen molar-refractivity contribution in [2.75, 3.05) is 10.6 Å². The summed E-state index contributed by atoms with van der Waals surface area (Å²) in [5.41, 5.74) is 1.33. The molecule has 136 valence electrons. The average molecular weight is 396 g/mol. The van der Waals surface area contributed by atoms with Gasteiger partial charge >= 0.3 is 0 Å². The fraction of sp³-hybridized carbons (Fsp3) is 0.263. The summed E-state index contributed by atoms with van der Waals surface area (Å²) < 4.78 is 0. The molecule has 1 amide bonds. The lowest BCUT2D eigenvalue weighted by Crippen LogP contribution is -2.22. The van der Waals surface area contributed by atoms with Crippen molar-refractivity contribution >= 4 is 50.7 Å². The molecule has 1 aliphatic rings. The van der Waals surface area contributed by atoms with Crippen LogP contribution in [-0.4, -0.2) is 27.2 Å². The number of amides is 1. The van der Waals surface area contributed by atoms with Gasteiger partial charge in [0.25, 0.3) is 0 Å². The lowest BCUT2D eigenvalue weighted by atomic mass is 10.2. The van der Waals surface area contributed by atoms with Crippen molar-refractivity contribution in [2.24, 2.45) is 0 Å². The first-order valence-electron chi connectivity index (χ1n) is 8.62. The predicted molar refractivity (Wildman–Crippen MR) is 109 cm³/mol. The van der Waals surface area contributed by atoms with Crippen LogP contribution in [-0.2, 0) is 4.79 Å². The number of benzene rings is 1. The van der Waals surface area contributed by atoms with E-state index >= 15 is 0 Å². The van der Waals surface area contributed by atoms with Gasteiger partial charge in [-0.15, -0.1) is 11.3 Å². The maximum absolute atomic E-state index is 12.5. The van der Waals surface area contributed by atoms with E-state index in [1.807, 2.05) is 31.2 Å². The van der Waals surface area contributed by atoms with Crippen LogP contribution in [0.3, 0.4) is 0 Å². The number of para-hydroxylation sites is 1. The lowest BCUT2D eigenvalue weighted by molar-refractivity contribution is -0.115. The Hall–Kier alpha value is -2.63. The molecule has 1 aliphatic carbocycles. The third kappa shape index (κ3) is 4.04. The van der Waals surface area contributed by atoms with Crippen LogP contribution in [0.25, 0.3) is 10.9 Å². The van der Waals surface area contributed by atoms with Gasteiger partial charge in [-0.25, -0.2) is 9.97 Å². The highest BCUT2D eigenvalue weighted by molar-refractivity contribution is 8.00. The average Bonchev–Trinajstić information content (AvgIpc) is 3.37. The van der Waals surface area contributed by atoms with Crippen LogP contribution in [0.5, 0.6) is 0 Å². The van der Waals surface area contributed by atoms with Crippen LogP contribution >= 0.6 is 23.1 Å². The van der Waals surface area contributed by atoms with Gasteiger partial charge < -0.3 is 10.6 Å². The Bertz CT molecular complexity index is 1040. The summed E-state index contributed by atoms with van der Waals surface area (Å²) in [6, 6.07) is 12.1. The molecule has 0 saturated heterocycles. The molecule has 3 aromatic rings. The number of anilines is 2. The monoisotopic (exact) mass is 395 g/mol. The SMILES string of the molecule is C[C@@H](Sc1nc(NC2CC2)c2ccccc2n1)C(=O)Nc1sccc1C#N. The van der Waals surface area contributed by atoms with E-state index in [2.05, 4.69) is 26.7 Å². The maximum atomic E-state index is 12.5. The standard InChI is InChI=1S/C19H17N5OS2/c1-11(17(25)24-18-12(10-20)8-9-26-18)27-19-22-15-5-3-2-4-14(15)16(23-19)21-13-6-7-13/h2-5,8-9,11,13H,6-7H2,1H3,(H,24,25)(H,21,22,23)/t11-/m1/s1. The molecule has 2 aromatic heterocycles. The van der Waals surface area contributed by atoms with Crippen LogP contribution in [0, 0.1) is 11.3 Å². The third-order valence-electron chi connectivity index (χ3n) is 4.17.